The highest BCUT2D eigenvalue weighted by molar-refractivity contribution is 6.30. The van der Waals surface area contributed by atoms with Gasteiger partial charge >= 0.3 is 0 Å². The zero-order valence-electron chi connectivity index (χ0n) is 9.95. The number of rotatable bonds is 3. The third kappa shape index (κ3) is 3.20. The molecular weight excluding hydrogens is 236 g/mol. The van der Waals surface area contributed by atoms with Gasteiger partial charge in [0, 0.05) is 24.2 Å². The Morgan fingerprint density at radius 2 is 2.41 bits per heavy atom. The molecule has 2 rings (SSSR count). The van der Waals surface area contributed by atoms with Crippen molar-refractivity contribution < 1.29 is 4.79 Å². The lowest BCUT2D eigenvalue weighted by Crippen LogP contribution is -2.34. The van der Waals surface area contributed by atoms with Crippen molar-refractivity contribution in [2.24, 2.45) is 0 Å². The fraction of sp³-hybridized carbons (Fsp3) is 0.462. The van der Waals surface area contributed by atoms with Gasteiger partial charge in [-0.2, -0.15) is 0 Å². The number of nitrogens with zero attached hydrogens (tertiary/aromatic N) is 1. The topological polar surface area (TPSA) is 32.3 Å². The number of likely N-dealkylation sites (tertiary alicyclic amines) is 1. The molecule has 1 heterocycles. The number of hydrogen-bond acceptors (Lipinski definition) is 2. The third-order valence-corrected chi connectivity index (χ3v) is 3.43. The quantitative estimate of drug-likeness (QED) is 0.888. The maximum atomic E-state index is 12.0. The maximum Gasteiger partial charge on any atom is 0.227 e. The molecule has 17 heavy (non-hydrogen) atoms. The van der Waals surface area contributed by atoms with Crippen molar-refractivity contribution in [2.75, 3.05) is 20.1 Å². The van der Waals surface area contributed by atoms with Gasteiger partial charge in [-0.3, -0.25) is 4.79 Å². The Morgan fingerprint density at radius 3 is 3.06 bits per heavy atom. The summed E-state index contributed by atoms with van der Waals surface area (Å²) in [5, 5.41) is 3.89. The molecule has 0 radical (unpaired) electrons. The highest BCUT2D eigenvalue weighted by Gasteiger charge is 2.24. The zero-order chi connectivity index (χ0) is 12.3. The van der Waals surface area contributed by atoms with E-state index in [0.717, 1.165) is 25.1 Å². The smallest absolute Gasteiger partial charge is 0.227 e. The molecule has 1 saturated heterocycles. The van der Waals surface area contributed by atoms with E-state index in [4.69, 9.17) is 11.6 Å². The molecule has 1 atom stereocenters. The molecule has 1 N–H and O–H groups in total. The van der Waals surface area contributed by atoms with Crippen LogP contribution in [0.3, 0.4) is 0 Å². The van der Waals surface area contributed by atoms with E-state index in [2.05, 4.69) is 5.32 Å². The Kier molecular flexibility index (Phi) is 4.02. The summed E-state index contributed by atoms with van der Waals surface area (Å²) in [5.74, 6) is 0.185. The van der Waals surface area contributed by atoms with Crippen LogP contribution in [0.5, 0.6) is 0 Å². The molecule has 4 heteroatoms. The average Bonchev–Trinajstić information content (AvgIpc) is 2.77. The monoisotopic (exact) mass is 252 g/mol. The number of carbonyl (C=O) groups excluding carboxylic acids is 1. The number of nitrogens with one attached hydrogen (secondary N) is 1. The number of amides is 1. The van der Waals surface area contributed by atoms with Crippen molar-refractivity contribution in [1.82, 2.24) is 10.2 Å². The van der Waals surface area contributed by atoms with Crippen LogP contribution in [0.25, 0.3) is 0 Å². The second kappa shape index (κ2) is 5.52. The van der Waals surface area contributed by atoms with Gasteiger partial charge in [0.15, 0.2) is 0 Å². The number of halogens is 1. The Hall–Kier alpha value is -1.06. The first-order valence-corrected chi connectivity index (χ1v) is 6.26. The molecule has 0 bridgehead atoms. The van der Waals surface area contributed by atoms with E-state index in [-0.39, 0.29) is 5.91 Å². The normalized spacial score (nSPS) is 19.6. The Labute approximate surface area is 107 Å². The van der Waals surface area contributed by atoms with Crippen molar-refractivity contribution >= 4 is 17.5 Å². The van der Waals surface area contributed by atoms with Crippen LogP contribution >= 0.6 is 11.6 Å². The van der Waals surface area contributed by atoms with Gasteiger partial charge in [-0.05, 0) is 31.2 Å². The van der Waals surface area contributed by atoms with Crippen molar-refractivity contribution in [3.8, 4) is 0 Å². The third-order valence-electron chi connectivity index (χ3n) is 3.19. The molecule has 1 aromatic rings. The summed E-state index contributed by atoms with van der Waals surface area (Å²) >= 11 is 5.90. The molecule has 0 spiro atoms. The maximum absolute atomic E-state index is 12.0. The Bertz CT molecular complexity index is 408. The van der Waals surface area contributed by atoms with Crippen LogP contribution < -0.4 is 5.32 Å². The van der Waals surface area contributed by atoms with Gasteiger partial charge in [0.2, 0.25) is 5.91 Å². The number of carbonyl (C=O) groups is 1. The van der Waals surface area contributed by atoms with Crippen LogP contribution in [0, 0.1) is 0 Å². The highest BCUT2D eigenvalue weighted by Crippen LogP contribution is 2.14. The predicted molar refractivity (Wildman–Crippen MR) is 69.2 cm³/mol. The molecule has 1 aliphatic rings. The highest BCUT2D eigenvalue weighted by atomic mass is 35.5. The minimum atomic E-state index is 0.185. The molecule has 1 aliphatic heterocycles. The lowest BCUT2D eigenvalue weighted by atomic mass is 10.1. The predicted octanol–water partition coefficient (Wildman–Crippen LogP) is 1.70. The molecule has 3 nitrogen and oxygen atoms in total. The van der Waals surface area contributed by atoms with Crippen LogP contribution in [0.2, 0.25) is 5.02 Å². The average molecular weight is 253 g/mol. The molecule has 1 unspecified atom stereocenters. The van der Waals surface area contributed by atoms with Gasteiger partial charge in [-0.15, -0.1) is 0 Å². The minimum Gasteiger partial charge on any atom is -0.341 e. The van der Waals surface area contributed by atoms with E-state index >= 15 is 0 Å². The van der Waals surface area contributed by atoms with Gasteiger partial charge in [-0.25, -0.2) is 0 Å². The van der Waals surface area contributed by atoms with Crippen LogP contribution in [0.15, 0.2) is 24.3 Å². The number of likely N-dealkylation sites (N-methyl/N-ethyl adjacent to an activating group) is 1. The second-order valence-corrected chi connectivity index (χ2v) is 4.86. The zero-order valence-corrected chi connectivity index (χ0v) is 10.7. The molecular formula is C13H17ClN2O. The Balaban J connectivity index is 1.93. The largest absolute Gasteiger partial charge is 0.341 e. The minimum absolute atomic E-state index is 0.185. The molecule has 0 aromatic heterocycles. The second-order valence-electron chi connectivity index (χ2n) is 4.42. The number of benzene rings is 1. The summed E-state index contributed by atoms with van der Waals surface area (Å²) < 4.78 is 0. The Morgan fingerprint density at radius 1 is 1.59 bits per heavy atom. The van der Waals surface area contributed by atoms with E-state index in [0.29, 0.717) is 17.5 Å². The molecule has 1 fully saturated rings. The first-order chi connectivity index (χ1) is 8.19. The van der Waals surface area contributed by atoms with Gasteiger partial charge < -0.3 is 10.2 Å². The summed E-state index contributed by atoms with van der Waals surface area (Å²) in [6, 6.07) is 7.94. The first kappa shape index (κ1) is 12.4. The lowest BCUT2D eigenvalue weighted by molar-refractivity contribution is -0.129. The van der Waals surface area contributed by atoms with E-state index in [1.165, 1.54) is 0 Å². The van der Waals surface area contributed by atoms with Crippen LogP contribution in [0.1, 0.15) is 12.0 Å². The van der Waals surface area contributed by atoms with Crippen LogP contribution in [0.4, 0.5) is 0 Å². The molecule has 0 aliphatic carbocycles. The van der Waals surface area contributed by atoms with Crippen molar-refractivity contribution in [2.45, 2.75) is 18.9 Å². The van der Waals surface area contributed by atoms with Gasteiger partial charge in [0.05, 0.1) is 6.42 Å². The SMILES string of the molecule is CNC1CCN(C(=O)Cc2cccc(Cl)c2)C1. The summed E-state index contributed by atoms with van der Waals surface area (Å²) in [6.45, 7) is 1.67. The van der Waals surface area contributed by atoms with E-state index in [1.54, 1.807) is 0 Å². The van der Waals surface area contributed by atoms with Gasteiger partial charge in [0.1, 0.15) is 0 Å². The van der Waals surface area contributed by atoms with Crippen molar-refractivity contribution in [3.63, 3.8) is 0 Å². The fourth-order valence-corrected chi connectivity index (χ4v) is 2.37. The van der Waals surface area contributed by atoms with E-state index in [9.17, 15) is 4.79 Å². The summed E-state index contributed by atoms with van der Waals surface area (Å²) in [7, 11) is 1.94. The lowest BCUT2D eigenvalue weighted by Gasteiger charge is -2.16. The summed E-state index contributed by atoms with van der Waals surface area (Å²) in [6.07, 6.45) is 1.48. The van der Waals surface area contributed by atoms with Gasteiger partial charge in [-0.1, -0.05) is 23.7 Å². The molecule has 1 aromatic carbocycles. The van der Waals surface area contributed by atoms with Crippen molar-refractivity contribution in [1.29, 1.82) is 0 Å². The van der Waals surface area contributed by atoms with Crippen LogP contribution in [-0.4, -0.2) is 37.0 Å². The fourth-order valence-electron chi connectivity index (χ4n) is 2.16. The van der Waals surface area contributed by atoms with E-state index in [1.807, 2.05) is 36.2 Å². The molecule has 0 saturated carbocycles. The first-order valence-electron chi connectivity index (χ1n) is 5.88. The van der Waals surface area contributed by atoms with E-state index < -0.39 is 0 Å². The molecule has 92 valence electrons. The standard InChI is InChI=1S/C13H17ClN2O/c1-15-12-5-6-16(9-12)13(17)8-10-3-2-4-11(14)7-10/h2-4,7,12,15H,5-6,8-9H2,1H3. The van der Waals surface area contributed by atoms with Crippen LogP contribution in [-0.2, 0) is 11.2 Å². The van der Waals surface area contributed by atoms with Crippen molar-refractivity contribution in [3.05, 3.63) is 34.9 Å². The molecule has 1 amide bonds. The van der Waals surface area contributed by atoms with Gasteiger partial charge in [0.25, 0.3) is 0 Å². The number of hydrogen-bond donors (Lipinski definition) is 1. The summed E-state index contributed by atoms with van der Waals surface area (Å²) in [4.78, 5) is 14.0. The summed E-state index contributed by atoms with van der Waals surface area (Å²) in [5.41, 5.74) is 0.982.